The number of carbonyl (C=O) groups is 2. The van der Waals surface area contributed by atoms with Crippen LogP contribution in [0.15, 0.2) is 36.5 Å². The number of aromatic nitrogens is 1. The molecule has 6 heteroatoms. The Balaban J connectivity index is 1.83. The zero-order valence-electron chi connectivity index (χ0n) is 14.2. The number of fused-ring (bicyclic) bond motifs is 1. The number of aliphatic hydroxyl groups is 1. The lowest BCUT2D eigenvalue weighted by atomic mass is 9.97. The van der Waals surface area contributed by atoms with Crippen LogP contribution in [0.3, 0.4) is 0 Å². The summed E-state index contributed by atoms with van der Waals surface area (Å²) in [7, 11) is 0. The summed E-state index contributed by atoms with van der Waals surface area (Å²) < 4.78 is 0. The van der Waals surface area contributed by atoms with Gasteiger partial charge in [-0.15, -0.1) is 0 Å². The fourth-order valence-corrected chi connectivity index (χ4v) is 3.05. The Labute approximate surface area is 146 Å². The summed E-state index contributed by atoms with van der Waals surface area (Å²) in [4.78, 5) is 29.8. The van der Waals surface area contributed by atoms with Gasteiger partial charge in [0.25, 0.3) is 5.91 Å². The molecule has 1 aromatic carbocycles. The number of hydrogen-bond donors (Lipinski definition) is 2. The lowest BCUT2D eigenvalue weighted by Gasteiger charge is -2.28. The lowest BCUT2D eigenvalue weighted by Crippen LogP contribution is -2.33. The van der Waals surface area contributed by atoms with E-state index in [0.29, 0.717) is 5.56 Å². The van der Waals surface area contributed by atoms with E-state index >= 15 is 0 Å². The van der Waals surface area contributed by atoms with E-state index in [1.165, 1.54) is 6.20 Å². The van der Waals surface area contributed by atoms with E-state index in [1.54, 1.807) is 19.1 Å². The van der Waals surface area contributed by atoms with Crippen molar-refractivity contribution in [1.29, 1.82) is 0 Å². The average molecular weight is 339 g/mol. The van der Waals surface area contributed by atoms with E-state index in [2.05, 4.69) is 16.4 Å². The first-order chi connectivity index (χ1) is 12.1. The second kappa shape index (κ2) is 7.44. The quantitative estimate of drug-likeness (QED) is 0.889. The summed E-state index contributed by atoms with van der Waals surface area (Å²) in [5.41, 5.74) is 4.32. The highest BCUT2D eigenvalue weighted by atomic mass is 16.3. The van der Waals surface area contributed by atoms with E-state index in [4.69, 9.17) is 5.11 Å². The molecule has 1 aromatic heterocycles. The first-order valence-electron chi connectivity index (χ1n) is 8.36. The molecule has 130 valence electrons. The van der Waals surface area contributed by atoms with Crippen LogP contribution in [-0.2, 0) is 11.2 Å². The third-order valence-corrected chi connectivity index (χ3v) is 4.30. The van der Waals surface area contributed by atoms with Crippen molar-refractivity contribution in [2.24, 2.45) is 0 Å². The van der Waals surface area contributed by atoms with Crippen LogP contribution < -0.4 is 10.2 Å². The molecular formula is C19H21N3O3. The third-order valence-electron chi connectivity index (χ3n) is 4.30. The fourth-order valence-electron chi connectivity index (χ4n) is 3.05. The SMILES string of the molecule is CC(=O)N1CCCc2cc(-c3ccc(C(=O)NCCO)cn3)ccc21. The normalized spacial score (nSPS) is 13.3. The number of nitrogens with one attached hydrogen (secondary N) is 1. The predicted octanol–water partition coefficient (Wildman–Crippen LogP) is 1.77. The summed E-state index contributed by atoms with van der Waals surface area (Å²) in [6.45, 7) is 2.48. The molecule has 0 saturated heterocycles. The minimum Gasteiger partial charge on any atom is -0.395 e. The van der Waals surface area contributed by atoms with Crippen LogP contribution in [-0.4, -0.2) is 41.6 Å². The highest BCUT2D eigenvalue weighted by Gasteiger charge is 2.20. The molecule has 0 spiro atoms. The molecule has 0 atom stereocenters. The number of benzene rings is 1. The topological polar surface area (TPSA) is 82.5 Å². The lowest BCUT2D eigenvalue weighted by molar-refractivity contribution is -0.116. The smallest absolute Gasteiger partial charge is 0.252 e. The number of amides is 2. The summed E-state index contributed by atoms with van der Waals surface area (Å²) in [6.07, 6.45) is 3.42. The van der Waals surface area contributed by atoms with Gasteiger partial charge in [0.05, 0.1) is 17.9 Å². The third kappa shape index (κ3) is 3.69. The van der Waals surface area contributed by atoms with Crippen molar-refractivity contribution in [3.05, 3.63) is 47.7 Å². The highest BCUT2D eigenvalue weighted by molar-refractivity contribution is 5.94. The van der Waals surface area contributed by atoms with Crippen molar-refractivity contribution in [2.45, 2.75) is 19.8 Å². The van der Waals surface area contributed by atoms with Gasteiger partial charge in [0, 0.05) is 37.5 Å². The van der Waals surface area contributed by atoms with E-state index in [1.807, 2.05) is 17.0 Å². The standard InChI is InChI=1S/C19H21N3O3/c1-13(24)22-9-2-3-15-11-14(5-7-18(15)22)17-6-4-16(12-21-17)19(25)20-8-10-23/h4-7,11-12,23H,2-3,8-10H2,1H3,(H,20,25). The second-order valence-electron chi connectivity index (χ2n) is 6.03. The van der Waals surface area contributed by atoms with Crippen LogP contribution in [0.1, 0.15) is 29.3 Å². The number of anilines is 1. The Bertz CT molecular complexity index is 787. The molecule has 2 N–H and O–H groups in total. The zero-order chi connectivity index (χ0) is 17.8. The number of aliphatic hydroxyl groups excluding tert-OH is 1. The van der Waals surface area contributed by atoms with E-state index in [-0.39, 0.29) is 25.0 Å². The molecule has 0 saturated carbocycles. The van der Waals surface area contributed by atoms with E-state index in [0.717, 1.165) is 41.9 Å². The minimum atomic E-state index is -0.254. The van der Waals surface area contributed by atoms with Crippen LogP contribution >= 0.6 is 0 Å². The molecular weight excluding hydrogens is 318 g/mol. The number of nitrogens with zero attached hydrogens (tertiary/aromatic N) is 2. The summed E-state index contributed by atoms with van der Waals surface area (Å²) >= 11 is 0. The number of aryl methyl sites for hydroxylation is 1. The number of rotatable bonds is 4. The summed E-state index contributed by atoms with van der Waals surface area (Å²) in [6, 6.07) is 9.51. The molecule has 1 aliphatic rings. The van der Waals surface area contributed by atoms with Crippen LogP contribution in [0.25, 0.3) is 11.3 Å². The van der Waals surface area contributed by atoms with Crippen LogP contribution in [0, 0.1) is 0 Å². The van der Waals surface area contributed by atoms with Crippen molar-refractivity contribution >= 4 is 17.5 Å². The number of carbonyl (C=O) groups excluding carboxylic acids is 2. The Morgan fingerprint density at radius 3 is 2.80 bits per heavy atom. The van der Waals surface area contributed by atoms with Crippen LogP contribution in [0.2, 0.25) is 0 Å². The van der Waals surface area contributed by atoms with Gasteiger partial charge in [-0.25, -0.2) is 0 Å². The fraction of sp³-hybridized carbons (Fsp3) is 0.316. The minimum absolute atomic E-state index is 0.0602. The molecule has 0 radical (unpaired) electrons. The summed E-state index contributed by atoms with van der Waals surface area (Å²) in [5, 5.41) is 11.3. The first-order valence-corrected chi connectivity index (χ1v) is 8.36. The molecule has 25 heavy (non-hydrogen) atoms. The molecule has 1 aliphatic heterocycles. The largest absolute Gasteiger partial charge is 0.395 e. The molecule has 0 aliphatic carbocycles. The van der Waals surface area contributed by atoms with Gasteiger partial charge in [0.1, 0.15) is 0 Å². The second-order valence-corrected chi connectivity index (χ2v) is 6.03. The maximum Gasteiger partial charge on any atom is 0.252 e. The van der Waals surface area contributed by atoms with Gasteiger partial charge in [0.2, 0.25) is 5.91 Å². The molecule has 2 heterocycles. The van der Waals surface area contributed by atoms with Crippen molar-refractivity contribution in [1.82, 2.24) is 10.3 Å². The van der Waals surface area contributed by atoms with Crippen molar-refractivity contribution in [3.63, 3.8) is 0 Å². The molecule has 0 unspecified atom stereocenters. The van der Waals surface area contributed by atoms with Gasteiger partial charge in [0.15, 0.2) is 0 Å². The monoisotopic (exact) mass is 339 g/mol. The molecule has 3 rings (SSSR count). The average Bonchev–Trinajstić information content (AvgIpc) is 2.65. The zero-order valence-corrected chi connectivity index (χ0v) is 14.2. The van der Waals surface area contributed by atoms with Gasteiger partial charge in [-0.3, -0.25) is 14.6 Å². The molecule has 2 amide bonds. The van der Waals surface area contributed by atoms with Crippen LogP contribution in [0.4, 0.5) is 5.69 Å². The van der Waals surface area contributed by atoms with Gasteiger partial charge < -0.3 is 15.3 Å². The van der Waals surface area contributed by atoms with E-state index < -0.39 is 0 Å². The van der Waals surface area contributed by atoms with Gasteiger partial charge >= 0.3 is 0 Å². The van der Waals surface area contributed by atoms with Crippen molar-refractivity contribution in [2.75, 3.05) is 24.6 Å². The van der Waals surface area contributed by atoms with E-state index in [9.17, 15) is 9.59 Å². The molecule has 0 fully saturated rings. The van der Waals surface area contributed by atoms with Crippen molar-refractivity contribution < 1.29 is 14.7 Å². The van der Waals surface area contributed by atoms with Crippen molar-refractivity contribution in [3.8, 4) is 11.3 Å². The van der Waals surface area contributed by atoms with Gasteiger partial charge in [-0.1, -0.05) is 6.07 Å². The molecule has 2 aromatic rings. The molecule has 6 nitrogen and oxygen atoms in total. The summed E-state index contributed by atoms with van der Waals surface area (Å²) in [5.74, 6) is -0.194. The van der Waals surface area contributed by atoms with Crippen LogP contribution in [0.5, 0.6) is 0 Å². The van der Waals surface area contributed by atoms with Gasteiger partial charge in [-0.05, 0) is 42.7 Å². The number of pyridine rings is 1. The predicted molar refractivity (Wildman–Crippen MR) is 95.4 cm³/mol. The molecule has 0 bridgehead atoms. The first kappa shape index (κ1) is 17.1. The maximum atomic E-state index is 11.8. The number of hydrogen-bond acceptors (Lipinski definition) is 4. The Morgan fingerprint density at radius 2 is 2.12 bits per heavy atom. The highest BCUT2D eigenvalue weighted by Crippen LogP contribution is 2.31. The Kier molecular flexibility index (Phi) is 5.09. The Morgan fingerprint density at radius 1 is 1.28 bits per heavy atom. The Hall–Kier alpha value is -2.73. The maximum absolute atomic E-state index is 11.8. The van der Waals surface area contributed by atoms with Gasteiger partial charge in [-0.2, -0.15) is 0 Å².